The van der Waals surface area contributed by atoms with Gasteiger partial charge in [0.05, 0.1) is 10.0 Å². The minimum atomic E-state index is 0. The van der Waals surface area contributed by atoms with Crippen LogP contribution in [0.2, 0.25) is 10.0 Å². The first-order chi connectivity index (χ1) is 14.1. The summed E-state index contributed by atoms with van der Waals surface area (Å²) in [5, 5.41) is 8.39. The van der Waals surface area contributed by atoms with Crippen molar-refractivity contribution >= 4 is 53.1 Å². The van der Waals surface area contributed by atoms with Crippen LogP contribution in [0.5, 0.6) is 0 Å². The average molecular weight is 561 g/mol. The Labute approximate surface area is 202 Å². The molecule has 3 rings (SSSR count). The Morgan fingerprint density at radius 3 is 2.73 bits per heavy atom. The Hall–Kier alpha value is -1.91. The molecule has 0 amide bonds. The van der Waals surface area contributed by atoms with E-state index >= 15 is 0 Å². The number of nitrogens with one attached hydrogen (secondary N) is 1. The van der Waals surface area contributed by atoms with E-state index in [0.29, 0.717) is 47.0 Å². The van der Waals surface area contributed by atoms with Crippen LogP contribution in [0.25, 0.3) is 11.6 Å². The van der Waals surface area contributed by atoms with Gasteiger partial charge in [-0.05, 0) is 36.8 Å². The molecular weight excluding hydrogens is 538 g/mol. The molecule has 0 saturated heterocycles. The Morgan fingerprint density at radius 2 is 2.03 bits per heavy atom. The van der Waals surface area contributed by atoms with E-state index in [-0.39, 0.29) is 24.0 Å². The van der Waals surface area contributed by atoms with E-state index in [1.807, 2.05) is 49.2 Å². The molecule has 2 heterocycles. The molecule has 1 N–H and O–H groups in total. The maximum Gasteiger partial charge on any atom is 0.276 e. The summed E-state index contributed by atoms with van der Waals surface area (Å²) >= 11 is 12.1. The number of hydrogen-bond acceptors (Lipinski definition) is 5. The number of aliphatic imine (C=N–C) groups is 1. The molecule has 7 nitrogen and oxygen atoms in total. The average Bonchev–Trinajstić information content (AvgIpc) is 3.20. The van der Waals surface area contributed by atoms with Crippen molar-refractivity contribution in [3.63, 3.8) is 0 Å². The van der Waals surface area contributed by atoms with Gasteiger partial charge in [0, 0.05) is 39.3 Å². The van der Waals surface area contributed by atoms with Gasteiger partial charge in [-0.2, -0.15) is 4.98 Å². The van der Waals surface area contributed by atoms with Gasteiger partial charge in [-0.15, -0.1) is 24.0 Å². The fourth-order valence-corrected chi connectivity index (χ4v) is 2.99. The Morgan fingerprint density at radius 1 is 1.20 bits per heavy atom. The topological polar surface area (TPSA) is 79.4 Å². The van der Waals surface area contributed by atoms with Gasteiger partial charge in [0.25, 0.3) is 5.89 Å². The molecule has 0 fully saturated rings. The number of rotatable bonds is 7. The summed E-state index contributed by atoms with van der Waals surface area (Å²) in [6.07, 6.45) is 2.25. The summed E-state index contributed by atoms with van der Waals surface area (Å²) in [5.41, 5.74) is 1.70. The van der Waals surface area contributed by atoms with Crippen LogP contribution in [-0.4, -0.2) is 46.1 Å². The van der Waals surface area contributed by atoms with Gasteiger partial charge in [-0.1, -0.05) is 40.5 Å². The monoisotopic (exact) mass is 560 g/mol. The van der Waals surface area contributed by atoms with Crippen molar-refractivity contribution in [2.24, 2.45) is 4.99 Å². The highest BCUT2D eigenvalue weighted by Crippen LogP contribution is 2.23. The fourth-order valence-electron chi connectivity index (χ4n) is 2.67. The summed E-state index contributed by atoms with van der Waals surface area (Å²) in [5.74, 6) is 1.79. The molecule has 0 radical (unpaired) electrons. The normalized spacial score (nSPS) is 11.1. The van der Waals surface area contributed by atoms with Crippen molar-refractivity contribution in [3.8, 4) is 11.6 Å². The first-order valence-corrected chi connectivity index (χ1v) is 9.99. The number of guanidine groups is 1. The molecule has 0 unspecified atom stereocenters. The van der Waals surface area contributed by atoms with Gasteiger partial charge < -0.3 is 14.7 Å². The van der Waals surface area contributed by atoms with Crippen LogP contribution in [0.1, 0.15) is 18.3 Å². The second-order valence-electron chi connectivity index (χ2n) is 6.32. The number of nitrogens with zero attached hydrogens (tertiary/aromatic N) is 5. The van der Waals surface area contributed by atoms with Gasteiger partial charge in [0.2, 0.25) is 0 Å². The molecule has 0 saturated carbocycles. The maximum absolute atomic E-state index is 6.11. The number of halogens is 3. The highest BCUT2D eigenvalue weighted by atomic mass is 127. The predicted molar refractivity (Wildman–Crippen MR) is 131 cm³/mol. The van der Waals surface area contributed by atoms with E-state index in [2.05, 4.69) is 25.4 Å². The Bertz CT molecular complexity index is 967. The minimum absolute atomic E-state index is 0. The van der Waals surface area contributed by atoms with E-state index in [4.69, 9.17) is 27.7 Å². The van der Waals surface area contributed by atoms with E-state index in [1.54, 1.807) is 12.3 Å². The van der Waals surface area contributed by atoms with Crippen molar-refractivity contribution in [1.29, 1.82) is 0 Å². The Kier molecular flexibility index (Phi) is 9.80. The first kappa shape index (κ1) is 24.4. The molecule has 30 heavy (non-hydrogen) atoms. The second kappa shape index (κ2) is 12.1. The molecule has 160 valence electrons. The molecule has 2 aromatic heterocycles. The van der Waals surface area contributed by atoms with Gasteiger partial charge in [-0.3, -0.25) is 9.98 Å². The largest absolute Gasteiger partial charge is 0.357 e. The molecule has 0 aliphatic rings. The zero-order valence-corrected chi connectivity index (χ0v) is 20.5. The van der Waals surface area contributed by atoms with Crippen LogP contribution >= 0.6 is 47.2 Å². The van der Waals surface area contributed by atoms with Crippen LogP contribution in [0.3, 0.4) is 0 Å². The zero-order valence-electron chi connectivity index (χ0n) is 16.7. The number of benzene rings is 1. The fraction of sp³-hybridized carbons (Fsp3) is 0.300. The van der Waals surface area contributed by atoms with E-state index in [1.165, 1.54) is 0 Å². The van der Waals surface area contributed by atoms with Crippen molar-refractivity contribution in [2.45, 2.75) is 19.9 Å². The summed E-state index contributed by atoms with van der Waals surface area (Å²) in [7, 11) is 1.97. The minimum Gasteiger partial charge on any atom is -0.357 e. The maximum atomic E-state index is 6.11. The summed E-state index contributed by atoms with van der Waals surface area (Å²) < 4.78 is 5.28. The molecule has 0 aliphatic heterocycles. The quantitative estimate of drug-likeness (QED) is 0.256. The number of pyridine rings is 1. The van der Waals surface area contributed by atoms with E-state index < -0.39 is 0 Å². The van der Waals surface area contributed by atoms with Gasteiger partial charge in [0.1, 0.15) is 5.69 Å². The lowest BCUT2D eigenvalue weighted by atomic mass is 10.2. The lowest BCUT2D eigenvalue weighted by molar-refractivity contribution is 0.421. The highest BCUT2D eigenvalue weighted by molar-refractivity contribution is 14.0. The number of hydrogen-bond donors (Lipinski definition) is 1. The molecular formula is C20H23Cl2IN6O. The van der Waals surface area contributed by atoms with Gasteiger partial charge in [-0.25, -0.2) is 0 Å². The van der Waals surface area contributed by atoms with Crippen molar-refractivity contribution < 1.29 is 4.52 Å². The summed E-state index contributed by atoms with van der Waals surface area (Å²) in [4.78, 5) is 15.3. The van der Waals surface area contributed by atoms with Gasteiger partial charge in [0.15, 0.2) is 11.8 Å². The number of aromatic nitrogens is 3. The molecule has 1 aromatic carbocycles. The molecule has 0 aliphatic carbocycles. The SMILES string of the molecule is CCNC(=NCCc1noc(-c2ccccn2)n1)N(C)Cc1ccc(Cl)c(Cl)c1.I. The van der Waals surface area contributed by atoms with Crippen LogP contribution < -0.4 is 5.32 Å². The van der Waals surface area contributed by atoms with Crippen LogP contribution in [0.15, 0.2) is 52.1 Å². The standard InChI is InChI=1S/C20H22Cl2N6O.HI/c1-3-23-20(28(2)13-14-7-8-15(21)16(22)12-14)25-11-9-18-26-19(29-27-18)17-6-4-5-10-24-17;/h4-8,10,12H,3,9,11,13H2,1-2H3,(H,23,25);1H. The van der Waals surface area contributed by atoms with E-state index in [0.717, 1.165) is 18.1 Å². The van der Waals surface area contributed by atoms with Crippen LogP contribution in [-0.2, 0) is 13.0 Å². The lowest BCUT2D eigenvalue weighted by Crippen LogP contribution is -2.38. The molecule has 0 atom stereocenters. The predicted octanol–water partition coefficient (Wildman–Crippen LogP) is 4.70. The van der Waals surface area contributed by atoms with Crippen molar-refractivity contribution in [3.05, 3.63) is 64.0 Å². The molecule has 0 spiro atoms. The highest BCUT2D eigenvalue weighted by Gasteiger charge is 2.11. The molecule has 10 heteroatoms. The molecule has 3 aromatic rings. The summed E-state index contributed by atoms with van der Waals surface area (Å²) in [6.45, 7) is 3.96. The van der Waals surface area contributed by atoms with Gasteiger partial charge >= 0.3 is 0 Å². The third kappa shape index (κ3) is 6.82. The second-order valence-corrected chi connectivity index (χ2v) is 7.14. The van der Waals surface area contributed by atoms with Crippen LogP contribution in [0, 0.1) is 0 Å². The smallest absolute Gasteiger partial charge is 0.276 e. The third-order valence-corrected chi connectivity index (χ3v) is 4.79. The lowest BCUT2D eigenvalue weighted by Gasteiger charge is -2.22. The van der Waals surface area contributed by atoms with Crippen molar-refractivity contribution in [2.75, 3.05) is 20.1 Å². The van der Waals surface area contributed by atoms with Crippen molar-refractivity contribution in [1.82, 2.24) is 25.3 Å². The third-order valence-electron chi connectivity index (χ3n) is 4.05. The first-order valence-electron chi connectivity index (χ1n) is 9.24. The summed E-state index contributed by atoms with van der Waals surface area (Å²) in [6, 6.07) is 11.2. The van der Waals surface area contributed by atoms with Crippen LogP contribution in [0.4, 0.5) is 0 Å². The molecule has 0 bridgehead atoms. The van der Waals surface area contributed by atoms with E-state index in [9.17, 15) is 0 Å². The zero-order chi connectivity index (χ0) is 20.6. The Balaban J connectivity index is 0.00000320.